The summed E-state index contributed by atoms with van der Waals surface area (Å²) < 4.78 is 17.3. The third kappa shape index (κ3) is 7.34. The van der Waals surface area contributed by atoms with Gasteiger partial charge in [-0.05, 0) is 38.1 Å². The number of halogens is 1. The van der Waals surface area contributed by atoms with Crippen LogP contribution in [-0.2, 0) is 14.3 Å². The van der Waals surface area contributed by atoms with Crippen LogP contribution in [0.2, 0.25) is 0 Å². The number of ether oxygens (including phenoxy) is 1. The summed E-state index contributed by atoms with van der Waals surface area (Å²) in [6.07, 6.45) is 0. The molecule has 0 aromatic heterocycles. The lowest BCUT2D eigenvalue weighted by Crippen LogP contribution is -2.44. The molecule has 130 valence electrons. The summed E-state index contributed by atoms with van der Waals surface area (Å²) in [5.41, 5.74) is 0.173. The van der Waals surface area contributed by atoms with Crippen LogP contribution < -0.4 is 16.0 Å². The Labute approximate surface area is 137 Å². The van der Waals surface area contributed by atoms with Crippen molar-refractivity contribution in [3.63, 3.8) is 0 Å². The molecule has 0 aliphatic carbocycles. The van der Waals surface area contributed by atoms with Gasteiger partial charge in [0.25, 0.3) is 11.8 Å². The van der Waals surface area contributed by atoms with Crippen LogP contribution in [0.25, 0.3) is 0 Å². The van der Waals surface area contributed by atoms with Gasteiger partial charge in [-0.2, -0.15) is 0 Å². The molecule has 0 aliphatic rings. The highest BCUT2D eigenvalue weighted by atomic mass is 19.1. The van der Waals surface area contributed by atoms with Crippen molar-refractivity contribution in [3.05, 3.63) is 35.6 Å². The van der Waals surface area contributed by atoms with Gasteiger partial charge in [0, 0.05) is 11.6 Å². The zero-order valence-electron chi connectivity index (χ0n) is 13.2. The van der Waals surface area contributed by atoms with E-state index in [0.717, 1.165) is 12.1 Å². The number of urea groups is 1. The van der Waals surface area contributed by atoms with Gasteiger partial charge in [0.2, 0.25) is 0 Å². The van der Waals surface area contributed by atoms with Crippen molar-refractivity contribution in [2.24, 2.45) is 0 Å². The number of nitrogens with one attached hydrogen (secondary N) is 3. The molecule has 8 nitrogen and oxygen atoms in total. The van der Waals surface area contributed by atoms with E-state index in [1.54, 1.807) is 13.8 Å². The average molecular weight is 339 g/mol. The minimum absolute atomic E-state index is 0.151. The van der Waals surface area contributed by atoms with Gasteiger partial charge in [-0.15, -0.1) is 0 Å². The van der Waals surface area contributed by atoms with Gasteiger partial charge in [0.1, 0.15) is 12.4 Å². The summed E-state index contributed by atoms with van der Waals surface area (Å²) in [4.78, 5) is 45.7. The number of carbonyl (C=O) groups excluding carboxylic acids is 4. The van der Waals surface area contributed by atoms with Crippen molar-refractivity contribution in [1.29, 1.82) is 0 Å². The fraction of sp³-hybridized carbons (Fsp3) is 0.333. The lowest BCUT2D eigenvalue weighted by molar-refractivity contribution is -0.147. The van der Waals surface area contributed by atoms with Gasteiger partial charge >= 0.3 is 12.0 Å². The molecule has 0 radical (unpaired) electrons. The normalized spacial score (nSPS) is 10.0. The third-order valence-corrected chi connectivity index (χ3v) is 2.54. The molecule has 0 bridgehead atoms. The standard InChI is InChI=1S/C15H18FN3O5/c1-9(2)18-15(23)19-12(20)8-24-13(21)7-17-14(22)10-3-5-11(16)6-4-10/h3-6,9H,7-8H2,1-2H3,(H,17,22)(H2,18,19,20,23). The van der Waals surface area contributed by atoms with Crippen molar-refractivity contribution >= 4 is 23.8 Å². The molecule has 9 heteroatoms. The molecule has 0 saturated heterocycles. The Hall–Kier alpha value is -2.97. The van der Waals surface area contributed by atoms with Crippen LogP contribution in [-0.4, -0.2) is 43.0 Å². The predicted molar refractivity (Wildman–Crippen MR) is 81.5 cm³/mol. The summed E-state index contributed by atoms with van der Waals surface area (Å²) >= 11 is 0. The molecule has 4 amide bonds. The summed E-state index contributed by atoms with van der Waals surface area (Å²) in [5.74, 6) is -2.73. The monoisotopic (exact) mass is 339 g/mol. The first-order valence-corrected chi connectivity index (χ1v) is 7.07. The quantitative estimate of drug-likeness (QED) is 0.647. The molecule has 0 unspecified atom stereocenters. The Kier molecular flexibility index (Phi) is 7.34. The van der Waals surface area contributed by atoms with Crippen LogP contribution in [0, 0.1) is 5.82 Å². The second kappa shape index (κ2) is 9.23. The number of carbonyl (C=O) groups is 4. The molecular weight excluding hydrogens is 321 g/mol. The van der Waals surface area contributed by atoms with E-state index in [1.807, 2.05) is 5.32 Å². The third-order valence-electron chi connectivity index (χ3n) is 2.54. The SMILES string of the molecule is CC(C)NC(=O)NC(=O)COC(=O)CNC(=O)c1ccc(F)cc1. The zero-order chi connectivity index (χ0) is 18.1. The Morgan fingerprint density at radius 2 is 1.75 bits per heavy atom. The van der Waals surface area contributed by atoms with Crippen LogP contribution in [0.4, 0.5) is 9.18 Å². The van der Waals surface area contributed by atoms with Gasteiger partial charge in [-0.1, -0.05) is 0 Å². The molecule has 0 heterocycles. The van der Waals surface area contributed by atoms with E-state index in [-0.39, 0.29) is 11.6 Å². The number of hydrogen-bond donors (Lipinski definition) is 3. The summed E-state index contributed by atoms with van der Waals surface area (Å²) in [5, 5.41) is 6.66. The summed E-state index contributed by atoms with van der Waals surface area (Å²) in [7, 11) is 0. The molecule has 24 heavy (non-hydrogen) atoms. The Balaban J connectivity index is 2.28. The van der Waals surface area contributed by atoms with Gasteiger partial charge in [-0.25, -0.2) is 9.18 Å². The topological polar surface area (TPSA) is 114 Å². The molecule has 0 aliphatic heterocycles. The van der Waals surface area contributed by atoms with E-state index in [1.165, 1.54) is 12.1 Å². The smallest absolute Gasteiger partial charge is 0.325 e. The van der Waals surface area contributed by atoms with Crippen LogP contribution in [0.3, 0.4) is 0 Å². The van der Waals surface area contributed by atoms with Crippen molar-refractivity contribution in [1.82, 2.24) is 16.0 Å². The fourth-order valence-electron chi connectivity index (χ4n) is 1.51. The maximum absolute atomic E-state index is 12.7. The van der Waals surface area contributed by atoms with Crippen LogP contribution in [0.5, 0.6) is 0 Å². The summed E-state index contributed by atoms with van der Waals surface area (Å²) in [6, 6.07) is 3.89. The largest absolute Gasteiger partial charge is 0.454 e. The molecule has 1 aromatic rings. The number of benzene rings is 1. The second-order valence-corrected chi connectivity index (χ2v) is 5.03. The van der Waals surface area contributed by atoms with Crippen LogP contribution in [0.15, 0.2) is 24.3 Å². The lowest BCUT2D eigenvalue weighted by atomic mass is 10.2. The molecule has 1 aromatic carbocycles. The van der Waals surface area contributed by atoms with Crippen molar-refractivity contribution in [2.45, 2.75) is 19.9 Å². The first-order valence-electron chi connectivity index (χ1n) is 7.07. The van der Waals surface area contributed by atoms with Crippen LogP contribution in [0.1, 0.15) is 24.2 Å². The lowest BCUT2D eigenvalue weighted by Gasteiger charge is -2.09. The highest BCUT2D eigenvalue weighted by Crippen LogP contribution is 2.02. The average Bonchev–Trinajstić information content (AvgIpc) is 2.50. The predicted octanol–water partition coefficient (Wildman–Crippen LogP) is 0.333. The minimum atomic E-state index is -0.857. The van der Waals surface area contributed by atoms with E-state index in [9.17, 15) is 23.6 Å². The molecular formula is C15H18FN3O5. The highest BCUT2D eigenvalue weighted by molar-refractivity contribution is 5.97. The van der Waals surface area contributed by atoms with E-state index < -0.39 is 42.8 Å². The molecule has 0 saturated carbocycles. The molecule has 1 rings (SSSR count). The zero-order valence-corrected chi connectivity index (χ0v) is 13.2. The van der Waals surface area contributed by atoms with Gasteiger partial charge in [0.15, 0.2) is 6.61 Å². The first-order chi connectivity index (χ1) is 11.3. The van der Waals surface area contributed by atoms with Crippen molar-refractivity contribution < 1.29 is 28.3 Å². The van der Waals surface area contributed by atoms with E-state index in [4.69, 9.17) is 0 Å². The number of rotatable bonds is 6. The molecule has 0 spiro atoms. The Bertz CT molecular complexity index is 616. The van der Waals surface area contributed by atoms with E-state index >= 15 is 0 Å². The van der Waals surface area contributed by atoms with Gasteiger partial charge in [0.05, 0.1) is 0 Å². The van der Waals surface area contributed by atoms with Crippen LogP contribution >= 0.6 is 0 Å². The van der Waals surface area contributed by atoms with E-state index in [2.05, 4.69) is 15.4 Å². The highest BCUT2D eigenvalue weighted by Gasteiger charge is 2.13. The fourth-order valence-corrected chi connectivity index (χ4v) is 1.51. The number of hydrogen-bond acceptors (Lipinski definition) is 5. The van der Waals surface area contributed by atoms with Gasteiger partial charge in [-0.3, -0.25) is 19.7 Å². The van der Waals surface area contributed by atoms with Crippen molar-refractivity contribution in [2.75, 3.05) is 13.2 Å². The minimum Gasteiger partial charge on any atom is -0.454 e. The number of amides is 4. The Morgan fingerprint density at radius 3 is 2.33 bits per heavy atom. The van der Waals surface area contributed by atoms with E-state index in [0.29, 0.717) is 0 Å². The van der Waals surface area contributed by atoms with Gasteiger partial charge < -0.3 is 15.4 Å². The Morgan fingerprint density at radius 1 is 1.12 bits per heavy atom. The maximum atomic E-state index is 12.7. The number of imide groups is 1. The maximum Gasteiger partial charge on any atom is 0.325 e. The summed E-state index contributed by atoms with van der Waals surface area (Å²) in [6.45, 7) is 2.31. The first kappa shape index (κ1) is 19.1. The number of esters is 1. The molecule has 3 N–H and O–H groups in total. The van der Waals surface area contributed by atoms with Crippen molar-refractivity contribution in [3.8, 4) is 0 Å². The molecule has 0 fully saturated rings. The second-order valence-electron chi connectivity index (χ2n) is 5.03. The molecule has 0 atom stereocenters.